The smallest absolute Gasteiger partial charge is 0.417 e. The molecule has 2 amide bonds. The van der Waals surface area contributed by atoms with Crippen molar-refractivity contribution in [2.24, 2.45) is 5.92 Å². The average molecular weight is 347 g/mol. The fourth-order valence-electron chi connectivity index (χ4n) is 2.72. The van der Waals surface area contributed by atoms with Crippen molar-refractivity contribution in [2.45, 2.75) is 25.5 Å². The molecule has 1 saturated heterocycles. The Morgan fingerprint density at radius 1 is 1.36 bits per heavy atom. The zero-order chi connectivity index (χ0) is 18.4. The normalized spacial score (nSPS) is 21.4. The van der Waals surface area contributed by atoms with Gasteiger partial charge in [-0.2, -0.15) is 0 Å². The van der Waals surface area contributed by atoms with Crippen LogP contribution in [0.1, 0.15) is 18.9 Å². The second-order valence-electron chi connectivity index (χ2n) is 5.55. The number of benzene rings is 1. The molecule has 1 heterocycles. The number of aliphatic hydroxyl groups excluding tert-OH is 1. The minimum absolute atomic E-state index is 0.0232. The van der Waals surface area contributed by atoms with Crippen LogP contribution in [-0.2, 0) is 19.1 Å². The van der Waals surface area contributed by atoms with E-state index in [2.05, 4.69) is 4.74 Å². The van der Waals surface area contributed by atoms with Gasteiger partial charge >= 0.3 is 12.1 Å². The van der Waals surface area contributed by atoms with Gasteiger partial charge in [0.1, 0.15) is 6.04 Å². The molecule has 0 radical (unpaired) electrons. The van der Waals surface area contributed by atoms with E-state index >= 15 is 0 Å². The van der Waals surface area contributed by atoms with Crippen molar-refractivity contribution >= 4 is 24.0 Å². The van der Waals surface area contributed by atoms with E-state index in [4.69, 9.17) is 4.74 Å². The summed E-state index contributed by atoms with van der Waals surface area (Å²) >= 11 is 0. The second kappa shape index (κ2) is 8.43. The first-order chi connectivity index (χ1) is 12.0. The number of imide groups is 1. The summed E-state index contributed by atoms with van der Waals surface area (Å²) in [6.07, 6.45) is 1.08. The minimum atomic E-state index is -1.14. The van der Waals surface area contributed by atoms with Crippen LogP contribution < -0.4 is 0 Å². The van der Waals surface area contributed by atoms with Crippen LogP contribution in [0.4, 0.5) is 4.79 Å². The highest BCUT2D eigenvalue weighted by molar-refractivity contribution is 6.01. The van der Waals surface area contributed by atoms with E-state index in [0.29, 0.717) is 0 Å². The van der Waals surface area contributed by atoms with Gasteiger partial charge in [-0.25, -0.2) is 14.5 Å². The zero-order valence-corrected chi connectivity index (χ0v) is 14.1. The molecule has 1 aliphatic heterocycles. The van der Waals surface area contributed by atoms with E-state index < -0.39 is 36.0 Å². The number of rotatable bonds is 5. The lowest BCUT2D eigenvalue weighted by Crippen LogP contribution is -2.44. The highest BCUT2D eigenvalue weighted by atomic mass is 16.6. The molecule has 1 aromatic rings. The Labute approximate surface area is 145 Å². The lowest BCUT2D eigenvalue weighted by molar-refractivity contribution is -0.148. The first-order valence-corrected chi connectivity index (χ1v) is 7.98. The molecule has 0 spiro atoms. The van der Waals surface area contributed by atoms with Gasteiger partial charge in [0.15, 0.2) is 0 Å². The third-order valence-electron chi connectivity index (χ3n) is 3.98. The molecule has 1 N–H and O–H groups in total. The fraction of sp³-hybridized carbons (Fsp3) is 0.389. The Morgan fingerprint density at radius 2 is 2.04 bits per heavy atom. The van der Waals surface area contributed by atoms with Gasteiger partial charge < -0.3 is 14.6 Å². The molecule has 7 nitrogen and oxygen atoms in total. The second-order valence-corrected chi connectivity index (χ2v) is 5.55. The molecule has 25 heavy (non-hydrogen) atoms. The van der Waals surface area contributed by atoms with Crippen molar-refractivity contribution in [2.75, 3.05) is 13.7 Å². The van der Waals surface area contributed by atoms with Crippen molar-refractivity contribution in [1.29, 1.82) is 0 Å². The molecule has 1 unspecified atom stereocenters. The zero-order valence-electron chi connectivity index (χ0n) is 14.1. The number of likely N-dealkylation sites (tertiary alicyclic amines) is 1. The molecule has 7 heteroatoms. The molecule has 1 fully saturated rings. The quantitative estimate of drug-likeness (QED) is 0.814. The van der Waals surface area contributed by atoms with Crippen LogP contribution in [-0.4, -0.2) is 53.8 Å². The minimum Gasteiger partial charge on any atom is -0.467 e. The maximum Gasteiger partial charge on any atom is 0.417 e. The molecule has 2 rings (SSSR count). The summed E-state index contributed by atoms with van der Waals surface area (Å²) in [5, 5.41) is 10.3. The van der Waals surface area contributed by atoms with E-state index in [-0.39, 0.29) is 13.0 Å². The lowest BCUT2D eigenvalue weighted by atomic mass is 9.97. The summed E-state index contributed by atoms with van der Waals surface area (Å²) in [7, 11) is 1.18. The highest BCUT2D eigenvalue weighted by Crippen LogP contribution is 2.29. The predicted octanol–water partition coefficient (Wildman–Crippen LogP) is 1.61. The van der Waals surface area contributed by atoms with Crippen molar-refractivity contribution < 1.29 is 29.0 Å². The summed E-state index contributed by atoms with van der Waals surface area (Å²) in [5.74, 6) is -2.30. The number of aliphatic hydroxyl groups is 1. The third kappa shape index (κ3) is 4.24. The lowest BCUT2D eigenvalue weighted by Gasteiger charge is -2.19. The summed E-state index contributed by atoms with van der Waals surface area (Å²) in [4.78, 5) is 37.2. The van der Waals surface area contributed by atoms with Gasteiger partial charge in [0, 0.05) is 0 Å². The molecule has 0 saturated carbocycles. The molecule has 1 aliphatic rings. The summed E-state index contributed by atoms with van der Waals surface area (Å²) in [5.41, 5.74) is 0.860. The number of hydrogen-bond acceptors (Lipinski definition) is 6. The largest absolute Gasteiger partial charge is 0.467 e. The number of nitrogens with zero attached hydrogens (tertiary/aromatic N) is 1. The van der Waals surface area contributed by atoms with Gasteiger partial charge in [-0.3, -0.25) is 4.79 Å². The fourth-order valence-corrected chi connectivity index (χ4v) is 2.72. The molecule has 0 bridgehead atoms. The number of amides is 2. The summed E-state index contributed by atoms with van der Waals surface area (Å²) in [6.45, 7) is 1.66. The molecule has 0 aromatic heterocycles. The third-order valence-corrected chi connectivity index (χ3v) is 3.98. The van der Waals surface area contributed by atoms with E-state index in [1.54, 1.807) is 13.0 Å². The molecular formula is C18H21NO6. The Kier molecular flexibility index (Phi) is 6.30. The predicted molar refractivity (Wildman–Crippen MR) is 89.3 cm³/mol. The van der Waals surface area contributed by atoms with Gasteiger partial charge in [-0.1, -0.05) is 42.5 Å². The molecular weight excluding hydrogens is 326 g/mol. The number of methoxy groups -OCH3 is 1. The van der Waals surface area contributed by atoms with E-state index in [0.717, 1.165) is 10.5 Å². The Morgan fingerprint density at radius 3 is 2.64 bits per heavy atom. The van der Waals surface area contributed by atoms with Crippen molar-refractivity contribution in [3.05, 3.63) is 42.0 Å². The van der Waals surface area contributed by atoms with Gasteiger partial charge in [0.05, 0.1) is 25.7 Å². The highest BCUT2D eigenvalue weighted by Gasteiger charge is 2.49. The Balaban J connectivity index is 2.17. The number of carbonyl (C=O) groups is 3. The summed E-state index contributed by atoms with van der Waals surface area (Å²) < 4.78 is 9.50. The van der Waals surface area contributed by atoms with Crippen molar-refractivity contribution in [3.8, 4) is 0 Å². The number of carbonyl (C=O) groups excluding carboxylic acids is 3. The van der Waals surface area contributed by atoms with Gasteiger partial charge in [-0.05, 0) is 18.9 Å². The topological polar surface area (TPSA) is 93.1 Å². The SMILES string of the molecule is CCOC(=O)N1C(=O)[C@H](C(O)/C=C/c2ccccc2)C[C@H]1C(=O)OC. The van der Waals surface area contributed by atoms with Crippen molar-refractivity contribution in [1.82, 2.24) is 4.90 Å². The monoisotopic (exact) mass is 347 g/mol. The maximum atomic E-state index is 12.5. The Hall–Kier alpha value is -2.67. The number of esters is 1. The first kappa shape index (κ1) is 18.7. The van der Waals surface area contributed by atoms with E-state index in [1.165, 1.54) is 13.2 Å². The van der Waals surface area contributed by atoms with Gasteiger partial charge in [0.2, 0.25) is 5.91 Å². The van der Waals surface area contributed by atoms with E-state index in [1.807, 2.05) is 30.3 Å². The van der Waals surface area contributed by atoms with Crippen LogP contribution >= 0.6 is 0 Å². The average Bonchev–Trinajstić information content (AvgIpc) is 2.97. The van der Waals surface area contributed by atoms with Gasteiger partial charge in [0.25, 0.3) is 0 Å². The summed E-state index contributed by atoms with van der Waals surface area (Å²) in [6, 6.07) is 8.17. The standard InChI is InChI=1S/C18H21NO6/c1-3-25-18(23)19-14(17(22)24-2)11-13(16(19)21)15(20)10-9-12-7-5-4-6-8-12/h4-10,13-15,20H,3,11H2,1-2H3/b10-9+/t13-,14-,15?/m0/s1. The molecule has 0 aliphatic carbocycles. The molecule has 3 atom stereocenters. The van der Waals surface area contributed by atoms with E-state index in [9.17, 15) is 19.5 Å². The maximum absolute atomic E-state index is 12.5. The van der Waals surface area contributed by atoms with Crippen LogP contribution in [0.15, 0.2) is 36.4 Å². The van der Waals surface area contributed by atoms with Crippen molar-refractivity contribution in [3.63, 3.8) is 0 Å². The van der Waals surface area contributed by atoms with Gasteiger partial charge in [-0.15, -0.1) is 0 Å². The van der Waals surface area contributed by atoms with Crippen LogP contribution in [0, 0.1) is 5.92 Å². The molecule has 1 aromatic carbocycles. The number of hydrogen-bond donors (Lipinski definition) is 1. The Bertz CT molecular complexity index is 657. The number of ether oxygens (including phenoxy) is 2. The van der Waals surface area contributed by atoms with Crippen LogP contribution in [0.3, 0.4) is 0 Å². The van der Waals surface area contributed by atoms with Crippen LogP contribution in [0.25, 0.3) is 6.08 Å². The van der Waals surface area contributed by atoms with Crippen LogP contribution in [0.5, 0.6) is 0 Å². The van der Waals surface area contributed by atoms with Crippen LogP contribution in [0.2, 0.25) is 0 Å². The first-order valence-electron chi connectivity index (χ1n) is 7.98. The molecule has 134 valence electrons.